The van der Waals surface area contributed by atoms with E-state index in [1.54, 1.807) is 6.26 Å². The Morgan fingerprint density at radius 1 is 1.00 bits per heavy atom. The van der Waals surface area contributed by atoms with Crippen LogP contribution in [0.2, 0.25) is 0 Å². The summed E-state index contributed by atoms with van der Waals surface area (Å²) in [5.74, 6) is 0.420. The highest BCUT2D eigenvalue weighted by atomic mass is 16.3. The Balaban J connectivity index is 1.32. The largest absolute Gasteiger partial charge is 0.464 e. The molecule has 0 spiro atoms. The fourth-order valence-corrected chi connectivity index (χ4v) is 6.26. The Morgan fingerprint density at radius 3 is 2.65 bits per heavy atom. The summed E-state index contributed by atoms with van der Waals surface area (Å²) in [6.07, 6.45) is 13.3. The summed E-state index contributed by atoms with van der Waals surface area (Å²) < 4.78 is 5.81. The molecular weight excluding hydrogens is 418 g/mol. The van der Waals surface area contributed by atoms with Gasteiger partial charge in [-0.3, -0.25) is 4.90 Å². The van der Waals surface area contributed by atoms with Crippen LogP contribution in [0.4, 0.5) is 0 Å². The Hall–Kier alpha value is -2.36. The highest BCUT2D eigenvalue weighted by Crippen LogP contribution is 2.40. The van der Waals surface area contributed by atoms with Gasteiger partial charge in [-0.05, 0) is 68.3 Å². The lowest BCUT2D eigenvalue weighted by Gasteiger charge is -2.42. The lowest BCUT2D eigenvalue weighted by atomic mass is 9.67. The molecule has 3 aromatic rings. The van der Waals surface area contributed by atoms with Crippen LogP contribution in [0.25, 0.3) is 16.5 Å². The number of fused-ring (bicyclic) bond motifs is 1. The maximum Gasteiger partial charge on any atom is 0.141 e. The third-order valence-corrected chi connectivity index (χ3v) is 8.47. The summed E-state index contributed by atoms with van der Waals surface area (Å²) in [5.41, 5.74) is 4.71. The second kappa shape index (κ2) is 10.5. The number of aliphatic hydroxyl groups excluding tert-OH is 1. The molecule has 1 aliphatic heterocycles. The van der Waals surface area contributed by atoms with E-state index >= 15 is 0 Å². The van der Waals surface area contributed by atoms with E-state index in [0.29, 0.717) is 5.92 Å². The average molecular weight is 458 g/mol. The van der Waals surface area contributed by atoms with Crippen LogP contribution in [0.15, 0.2) is 71.4 Å². The maximum absolute atomic E-state index is 11.7. The van der Waals surface area contributed by atoms with Crippen molar-refractivity contribution in [3.63, 3.8) is 0 Å². The molecule has 0 radical (unpaired) electrons. The SMILES string of the molecule is CC(CCN1CC=C(c2cccc3ccoc23)CCC1)(c1ccccc1)C(O)C1CCCCC1. The summed E-state index contributed by atoms with van der Waals surface area (Å²) >= 11 is 0. The lowest BCUT2D eigenvalue weighted by molar-refractivity contribution is 0.0118. The summed E-state index contributed by atoms with van der Waals surface area (Å²) in [7, 11) is 0. The minimum absolute atomic E-state index is 0.220. The van der Waals surface area contributed by atoms with Crippen LogP contribution in [0.3, 0.4) is 0 Å². The standard InChI is InChI=1S/C31H39NO2/c1-31(27-14-6-3-7-15-27,30(33)26-10-4-2-5-11-26)19-22-32-20-9-13-24(17-21-32)28-16-8-12-25-18-23-34-29(25)28/h3,6-8,12,14-18,23,26,30,33H,2,4-5,9-11,13,19-22H2,1H3. The van der Waals surface area contributed by atoms with Crippen LogP contribution >= 0.6 is 0 Å². The minimum Gasteiger partial charge on any atom is -0.464 e. The van der Waals surface area contributed by atoms with E-state index in [-0.39, 0.29) is 11.5 Å². The summed E-state index contributed by atoms with van der Waals surface area (Å²) in [6, 6.07) is 19.3. The molecule has 1 fully saturated rings. The number of allylic oxidation sites excluding steroid dienone is 1. The molecule has 2 aliphatic rings. The molecule has 2 atom stereocenters. The number of furan rings is 1. The lowest BCUT2D eigenvalue weighted by Crippen LogP contribution is -2.45. The zero-order valence-electron chi connectivity index (χ0n) is 20.6. The number of para-hydroxylation sites is 1. The van der Waals surface area contributed by atoms with Crippen LogP contribution in [0, 0.1) is 5.92 Å². The third-order valence-electron chi connectivity index (χ3n) is 8.47. The van der Waals surface area contributed by atoms with E-state index in [0.717, 1.165) is 57.3 Å². The van der Waals surface area contributed by atoms with Crippen molar-refractivity contribution in [2.75, 3.05) is 19.6 Å². The van der Waals surface area contributed by atoms with Crippen molar-refractivity contribution in [1.82, 2.24) is 4.90 Å². The number of nitrogens with zero attached hydrogens (tertiary/aromatic N) is 1. The molecule has 180 valence electrons. The van der Waals surface area contributed by atoms with Gasteiger partial charge < -0.3 is 9.52 Å². The third kappa shape index (κ3) is 4.87. The van der Waals surface area contributed by atoms with Crippen molar-refractivity contribution < 1.29 is 9.52 Å². The number of rotatable bonds is 7. The van der Waals surface area contributed by atoms with Gasteiger partial charge in [0.15, 0.2) is 0 Å². The molecule has 0 amide bonds. The quantitative estimate of drug-likeness (QED) is 0.407. The van der Waals surface area contributed by atoms with Crippen LogP contribution < -0.4 is 0 Å². The Bertz CT molecular complexity index is 1090. The number of hydrogen-bond acceptors (Lipinski definition) is 3. The highest BCUT2D eigenvalue weighted by molar-refractivity contribution is 5.89. The Labute approximate surface area is 204 Å². The second-order valence-electron chi connectivity index (χ2n) is 10.7. The van der Waals surface area contributed by atoms with Gasteiger partial charge in [-0.15, -0.1) is 0 Å². The minimum atomic E-state index is -0.287. The zero-order chi connectivity index (χ0) is 23.4. The second-order valence-corrected chi connectivity index (χ2v) is 10.7. The van der Waals surface area contributed by atoms with Gasteiger partial charge in [0, 0.05) is 22.9 Å². The van der Waals surface area contributed by atoms with Crippen molar-refractivity contribution in [2.24, 2.45) is 5.92 Å². The van der Waals surface area contributed by atoms with Crippen LogP contribution in [-0.2, 0) is 5.41 Å². The van der Waals surface area contributed by atoms with Crippen LogP contribution in [0.5, 0.6) is 0 Å². The summed E-state index contributed by atoms with van der Waals surface area (Å²) in [4.78, 5) is 2.57. The fraction of sp³-hybridized carbons (Fsp3) is 0.484. The molecule has 3 nitrogen and oxygen atoms in total. The first-order chi connectivity index (χ1) is 16.6. The predicted octanol–water partition coefficient (Wildman–Crippen LogP) is 7.20. The van der Waals surface area contributed by atoms with E-state index in [1.807, 2.05) is 6.07 Å². The predicted molar refractivity (Wildman–Crippen MR) is 141 cm³/mol. The van der Waals surface area contributed by atoms with Crippen molar-refractivity contribution in [3.8, 4) is 0 Å². The van der Waals surface area contributed by atoms with E-state index in [1.165, 1.54) is 41.3 Å². The fourth-order valence-electron chi connectivity index (χ4n) is 6.26. The number of aliphatic hydroxyl groups is 1. The van der Waals surface area contributed by atoms with Crippen molar-refractivity contribution in [1.29, 1.82) is 0 Å². The van der Waals surface area contributed by atoms with E-state index < -0.39 is 0 Å². The molecular formula is C31H39NO2. The Kier molecular flexibility index (Phi) is 7.22. The van der Waals surface area contributed by atoms with Crippen molar-refractivity contribution in [2.45, 2.75) is 69.8 Å². The van der Waals surface area contributed by atoms with Gasteiger partial charge in [-0.2, -0.15) is 0 Å². The molecule has 1 aromatic heterocycles. The van der Waals surface area contributed by atoms with Gasteiger partial charge in [-0.1, -0.05) is 80.8 Å². The maximum atomic E-state index is 11.7. The topological polar surface area (TPSA) is 36.6 Å². The molecule has 3 heteroatoms. The molecule has 2 heterocycles. The molecule has 1 saturated carbocycles. The summed E-state index contributed by atoms with van der Waals surface area (Å²) in [6.45, 7) is 5.36. The Morgan fingerprint density at radius 2 is 1.82 bits per heavy atom. The normalized spacial score (nSPS) is 21.1. The molecule has 2 unspecified atom stereocenters. The summed E-state index contributed by atoms with van der Waals surface area (Å²) in [5, 5.41) is 12.8. The number of benzene rings is 2. The van der Waals surface area contributed by atoms with Crippen molar-refractivity contribution in [3.05, 3.63) is 78.1 Å². The van der Waals surface area contributed by atoms with Gasteiger partial charge in [-0.25, -0.2) is 0 Å². The molecule has 1 N–H and O–H groups in total. The average Bonchev–Trinajstić information content (AvgIpc) is 3.26. The molecule has 34 heavy (non-hydrogen) atoms. The molecule has 5 rings (SSSR count). The monoisotopic (exact) mass is 457 g/mol. The highest BCUT2D eigenvalue weighted by Gasteiger charge is 2.39. The van der Waals surface area contributed by atoms with Gasteiger partial charge in [0.25, 0.3) is 0 Å². The van der Waals surface area contributed by atoms with Gasteiger partial charge in [0.2, 0.25) is 0 Å². The number of hydrogen-bond donors (Lipinski definition) is 1. The van der Waals surface area contributed by atoms with E-state index in [2.05, 4.69) is 66.4 Å². The van der Waals surface area contributed by atoms with Gasteiger partial charge in [0.1, 0.15) is 5.58 Å². The zero-order valence-corrected chi connectivity index (χ0v) is 20.6. The van der Waals surface area contributed by atoms with E-state index in [4.69, 9.17) is 4.42 Å². The first-order valence-electron chi connectivity index (χ1n) is 13.3. The molecule has 2 aromatic carbocycles. The van der Waals surface area contributed by atoms with Crippen LogP contribution in [0.1, 0.15) is 69.4 Å². The molecule has 1 aliphatic carbocycles. The molecule has 0 bridgehead atoms. The first kappa shape index (κ1) is 23.4. The van der Waals surface area contributed by atoms with Gasteiger partial charge >= 0.3 is 0 Å². The smallest absolute Gasteiger partial charge is 0.141 e. The first-order valence-corrected chi connectivity index (χ1v) is 13.3. The van der Waals surface area contributed by atoms with Crippen molar-refractivity contribution >= 4 is 16.5 Å². The van der Waals surface area contributed by atoms with Crippen LogP contribution in [-0.4, -0.2) is 35.7 Å². The van der Waals surface area contributed by atoms with E-state index in [9.17, 15) is 5.11 Å². The van der Waals surface area contributed by atoms with Gasteiger partial charge in [0.05, 0.1) is 12.4 Å². The molecule has 0 saturated heterocycles.